The normalized spacial score (nSPS) is 24.9. The van der Waals surface area contributed by atoms with Crippen molar-refractivity contribution in [3.63, 3.8) is 0 Å². The van der Waals surface area contributed by atoms with Crippen molar-refractivity contribution in [3.8, 4) is 6.07 Å². The number of nitriles is 1. The maximum Gasteiger partial charge on any atom is 0.409 e. The topological polar surface area (TPSA) is 53.3 Å². The minimum Gasteiger partial charge on any atom is -0.453 e. The summed E-state index contributed by atoms with van der Waals surface area (Å²) in [7, 11) is 1.43. The van der Waals surface area contributed by atoms with Crippen molar-refractivity contribution < 1.29 is 9.53 Å². The molecular formula is C20H26N2O2. The molecule has 1 aromatic rings. The molecule has 4 nitrogen and oxygen atoms in total. The third kappa shape index (κ3) is 3.72. The lowest BCUT2D eigenvalue weighted by Gasteiger charge is -2.40. The van der Waals surface area contributed by atoms with Gasteiger partial charge in [0.1, 0.15) is 0 Å². The molecular weight excluding hydrogens is 300 g/mol. The van der Waals surface area contributed by atoms with E-state index in [1.807, 2.05) is 0 Å². The summed E-state index contributed by atoms with van der Waals surface area (Å²) in [5, 5.41) is 9.26. The Morgan fingerprint density at radius 2 is 2.04 bits per heavy atom. The van der Waals surface area contributed by atoms with Crippen LogP contribution < -0.4 is 0 Å². The number of likely N-dealkylation sites (tertiary alicyclic amines) is 1. The SMILES string of the molecule is COC(=O)N1CCC(CC#N)(CCC2CC2c2ccccc2)CC1. The highest BCUT2D eigenvalue weighted by atomic mass is 16.5. The van der Waals surface area contributed by atoms with Crippen molar-refractivity contribution in [2.75, 3.05) is 20.2 Å². The first-order valence-corrected chi connectivity index (χ1v) is 8.92. The van der Waals surface area contributed by atoms with E-state index < -0.39 is 0 Å². The zero-order valence-electron chi connectivity index (χ0n) is 14.4. The molecule has 1 aliphatic heterocycles. The molecule has 24 heavy (non-hydrogen) atoms. The van der Waals surface area contributed by atoms with Gasteiger partial charge >= 0.3 is 6.09 Å². The first-order chi connectivity index (χ1) is 11.7. The van der Waals surface area contributed by atoms with Gasteiger partial charge in [-0.3, -0.25) is 0 Å². The molecule has 1 aromatic carbocycles. The Bertz CT molecular complexity index is 600. The maximum absolute atomic E-state index is 11.7. The van der Waals surface area contributed by atoms with E-state index in [1.165, 1.54) is 25.5 Å². The Morgan fingerprint density at radius 3 is 2.67 bits per heavy atom. The Labute approximate surface area is 144 Å². The minimum atomic E-state index is -0.244. The van der Waals surface area contributed by atoms with E-state index in [0.717, 1.165) is 25.2 Å². The molecule has 0 spiro atoms. The number of rotatable bonds is 5. The van der Waals surface area contributed by atoms with Gasteiger partial charge in [-0.1, -0.05) is 30.3 Å². The maximum atomic E-state index is 11.7. The average Bonchev–Trinajstić information content (AvgIpc) is 3.41. The van der Waals surface area contributed by atoms with Crippen molar-refractivity contribution in [1.82, 2.24) is 4.90 Å². The van der Waals surface area contributed by atoms with Gasteiger partial charge in [0.25, 0.3) is 0 Å². The third-order valence-electron chi connectivity index (χ3n) is 5.91. The summed E-state index contributed by atoms with van der Waals surface area (Å²) in [6.45, 7) is 1.42. The standard InChI is InChI=1S/C20H26N2O2/c1-24-19(23)22-13-10-20(9-12-21,11-14-22)8-7-17-15-18(17)16-5-3-2-4-6-16/h2-6,17-18H,7-11,13-15H2,1H3. The van der Waals surface area contributed by atoms with E-state index in [1.54, 1.807) is 4.90 Å². The van der Waals surface area contributed by atoms with Gasteiger partial charge in [-0.05, 0) is 54.9 Å². The summed E-state index contributed by atoms with van der Waals surface area (Å²) in [5.74, 6) is 1.47. The molecule has 3 rings (SSSR count). The van der Waals surface area contributed by atoms with Crippen LogP contribution in [0.1, 0.15) is 50.0 Å². The summed E-state index contributed by atoms with van der Waals surface area (Å²) in [5.41, 5.74) is 1.54. The largest absolute Gasteiger partial charge is 0.453 e. The summed E-state index contributed by atoms with van der Waals surface area (Å²) < 4.78 is 4.81. The van der Waals surface area contributed by atoms with Crippen molar-refractivity contribution in [1.29, 1.82) is 5.26 Å². The molecule has 128 valence electrons. The Morgan fingerprint density at radius 1 is 1.33 bits per heavy atom. The number of benzene rings is 1. The molecule has 2 atom stereocenters. The second-order valence-electron chi connectivity index (χ2n) is 7.34. The van der Waals surface area contributed by atoms with E-state index >= 15 is 0 Å². The van der Waals surface area contributed by atoms with Crippen LogP contribution in [0.15, 0.2) is 30.3 Å². The van der Waals surface area contributed by atoms with Crippen molar-refractivity contribution in [3.05, 3.63) is 35.9 Å². The van der Waals surface area contributed by atoms with Crippen LogP contribution in [-0.4, -0.2) is 31.2 Å². The molecule has 1 saturated heterocycles. The second-order valence-corrected chi connectivity index (χ2v) is 7.34. The number of carbonyl (C=O) groups is 1. The van der Waals surface area contributed by atoms with Crippen LogP contribution in [-0.2, 0) is 4.74 Å². The highest BCUT2D eigenvalue weighted by molar-refractivity contribution is 5.67. The molecule has 2 unspecified atom stereocenters. The molecule has 1 saturated carbocycles. The predicted molar refractivity (Wildman–Crippen MR) is 92.4 cm³/mol. The quantitative estimate of drug-likeness (QED) is 0.809. The first kappa shape index (κ1) is 16.8. The van der Waals surface area contributed by atoms with Gasteiger partial charge < -0.3 is 9.64 Å². The van der Waals surface area contributed by atoms with Gasteiger partial charge in [0.2, 0.25) is 0 Å². The summed E-state index contributed by atoms with van der Waals surface area (Å²) in [6.07, 6.45) is 5.76. The van der Waals surface area contributed by atoms with Gasteiger partial charge in [0.05, 0.1) is 13.2 Å². The summed E-state index contributed by atoms with van der Waals surface area (Å²) in [6, 6.07) is 13.1. The Hall–Kier alpha value is -2.02. The predicted octanol–water partition coefficient (Wildman–Crippen LogP) is 4.33. The van der Waals surface area contributed by atoms with Gasteiger partial charge in [-0.15, -0.1) is 0 Å². The van der Waals surface area contributed by atoms with Crippen molar-refractivity contribution >= 4 is 6.09 Å². The lowest BCUT2D eigenvalue weighted by molar-refractivity contribution is 0.0731. The van der Waals surface area contributed by atoms with Gasteiger partial charge in [-0.25, -0.2) is 4.79 Å². The van der Waals surface area contributed by atoms with Crippen LogP contribution in [0.5, 0.6) is 0 Å². The van der Waals surface area contributed by atoms with Gasteiger partial charge in [-0.2, -0.15) is 5.26 Å². The van der Waals surface area contributed by atoms with E-state index in [2.05, 4.69) is 36.4 Å². The molecule has 0 aromatic heterocycles. The minimum absolute atomic E-state index is 0.0864. The lowest BCUT2D eigenvalue weighted by Crippen LogP contribution is -2.43. The van der Waals surface area contributed by atoms with E-state index in [0.29, 0.717) is 25.4 Å². The highest BCUT2D eigenvalue weighted by Gasteiger charge is 2.41. The van der Waals surface area contributed by atoms with Crippen LogP contribution in [0, 0.1) is 22.7 Å². The summed E-state index contributed by atoms with van der Waals surface area (Å²) in [4.78, 5) is 13.4. The number of ether oxygens (including phenoxy) is 1. The molecule has 1 aliphatic carbocycles. The highest BCUT2D eigenvalue weighted by Crippen LogP contribution is 2.52. The fraction of sp³-hybridized carbons (Fsp3) is 0.600. The van der Waals surface area contributed by atoms with Crippen LogP contribution in [0.25, 0.3) is 0 Å². The van der Waals surface area contributed by atoms with Crippen LogP contribution in [0.3, 0.4) is 0 Å². The van der Waals surface area contributed by atoms with Gasteiger partial charge in [0.15, 0.2) is 0 Å². The molecule has 1 heterocycles. The fourth-order valence-corrected chi connectivity index (χ4v) is 4.14. The van der Waals surface area contributed by atoms with Crippen molar-refractivity contribution in [2.45, 2.75) is 44.4 Å². The lowest BCUT2D eigenvalue weighted by atomic mass is 9.72. The van der Waals surface area contributed by atoms with Crippen LogP contribution in [0.4, 0.5) is 4.79 Å². The van der Waals surface area contributed by atoms with E-state index in [4.69, 9.17) is 4.74 Å². The van der Waals surface area contributed by atoms with Crippen LogP contribution >= 0.6 is 0 Å². The van der Waals surface area contributed by atoms with Gasteiger partial charge in [0, 0.05) is 19.5 Å². The molecule has 0 radical (unpaired) electrons. The number of hydrogen-bond donors (Lipinski definition) is 0. The zero-order valence-corrected chi connectivity index (χ0v) is 14.4. The monoisotopic (exact) mass is 326 g/mol. The smallest absolute Gasteiger partial charge is 0.409 e. The van der Waals surface area contributed by atoms with Crippen LogP contribution in [0.2, 0.25) is 0 Å². The number of piperidine rings is 1. The molecule has 2 aliphatic rings. The second kappa shape index (κ2) is 7.25. The number of amides is 1. The number of methoxy groups -OCH3 is 1. The number of hydrogen-bond acceptors (Lipinski definition) is 3. The zero-order chi connectivity index (χ0) is 17.0. The Balaban J connectivity index is 1.53. The molecule has 0 bridgehead atoms. The first-order valence-electron chi connectivity index (χ1n) is 8.92. The number of carbonyl (C=O) groups excluding carboxylic acids is 1. The molecule has 2 fully saturated rings. The summed E-state index contributed by atoms with van der Waals surface area (Å²) >= 11 is 0. The van der Waals surface area contributed by atoms with Crippen molar-refractivity contribution in [2.24, 2.45) is 11.3 Å². The molecule has 4 heteroatoms. The molecule has 0 N–H and O–H groups in total. The number of nitrogens with zero attached hydrogens (tertiary/aromatic N) is 2. The molecule has 1 amide bonds. The average molecular weight is 326 g/mol. The van der Waals surface area contributed by atoms with E-state index in [-0.39, 0.29) is 11.5 Å². The Kier molecular flexibility index (Phi) is 5.08. The third-order valence-corrected chi connectivity index (χ3v) is 5.91. The fourth-order valence-electron chi connectivity index (χ4n) is 4.14. The van der Waals surface area contributed by atoms with E-state index in [9.17, 15) is 10.1 Å².